The molecule has 5 heteroatoms. The number of anilines is 1. The van der Waals surface area contributed by atoms with E-state index < -0.39 is 0 Å². The van der Waals surface area contributed by atoms with Crippen molar-refractivity contribution < 1.29 is 4.79 Å². The summed E-state index contributed by atoms with van der Waals surface area (Å²) < 4.78 is 1.67. The third kappa shape index (κ3) is 3.86. The van der Waals surface area contributed by atoms with E-state index in [1.54, 1.807) is 4.68 Å². The van der Waals surface area contributed by atoms with Gasteiger partial charge in [0.15, 0.2) is 0 Å². The number of hydrogen-bond acceptors (Lipinski definition) is 3. The molecule has 19 heavy (non-hydrogen) atoms. The Kier molecular flexibility index (Phi) is 4.27. The van der Waals surface area contributed by atoms with E-state index in [9.17, 15) is 4.79 Å². The minimum absolute atomic E-state index is 0.0190. The molecule has 0 aliphatic heterocycles. The van der Waals surface area contributed by atoms with Gasteiger partial charge < -0.3 is 5.32 Å². The summed E-state index contributed by atoms with van der Waals surface area (Å²) in [5.74, 6) is 1.11. The van der Waals surface area contributed by atoms with Crippen LogP contribution in [-0.2, 0) is 11.8 Å². The SMILES string of the molecule is Cc1cccc(SCC(=O)Nc2cc(C)nn2C)c1. The van der Waals surface area contributed by atoms with Crippen molar-refractivity contribution in [3.8, 4) is 0 Å². The maximum absolute atomic E-state index is 11.9. The maximum Gasteiger partial charge on any atom is 0.235 e. The van der Waals surface area contributed by atoms with Crippen LogP contribution in [0.15, 0.2) is 35.2 Å². The fourth-order valence-corrected chi connectivity index (χ4v) is 2.57. The summed E-state index contributed by atoms with van der Waals surface area (Å²) in [6, 6.07) is 9.99. The van der Waals surface area contributed by atoms with Crippen molar-refractivity contribution in [3.05, 3.63) is 41.6 Å². The molecule has 0 spiro atoms. The summed E-state index contributed by atoms with van der Waals surface area (Å²) in [5, 5.41) is 7.05. The fraction of sp³-hybridized carbons (Fsp3) is 0.286. The highest BCUT2D eigenvalue weighted by molar-refractivity contribution is 8.00. The van der Waals surface area contributed by atoms with E-state index >= 15 is 0 Å². The molecule has 0 unspecified atom stereocenters. The molecule has 100 valence electrons. The number of rotatable bonds is 4. The van der Waals surface area contributed by atoms with Crippen molar-refractivity contribution in [2.45, 2.75) is 18.7 Å². The molecule has 1 aromatic carbocycles. The lowest BCUT2D eigenvalue weighted by molar-refractivity contribution is -0.113. The Morgan fingerprint density at radius 1 is 1.37 bits per heavy atom. The predicted molar refractivity (Wildman–Crippen MR) is 78.5 cm³/mol. The number of nitrogens with zero attached hydrogens (tertiary/aromatic N) is 2. The molecular weight excluding hydrogens is 258 g/mol. The molecule has 0 bridgehead atoms. The van der Waals surface area contributed by atoms with Gasteiger partial charge in [-0.1, -0.05) is 17.7 Å². The van der Waals surface area contributed by atoms with Gasteiger partial charge in [-0.2, -0.15) is 5.10 Å². The summed E-state index contributed by atoms with van der Waals surface area (Å²) >= 11 is 1.53. The Morgan fingerprint density at radius 2 is 2.16 bits per heavy atom. The average molecular weight is 275 g/mol. The zero-order valence-electron chi connectivity index (χ0n) is 11.3. The van der Waals surface area contributed by atoms with Crippen LogP contribution in [0.4, 0.5) is 5.82 Å². The van der Waals surface area contributed by atoms with Crippen molar-refractivity contribution in [3.63, 3.8) is 0 Å². The van der Waals surface area contributed by atoms with Crippen LogP contribution in [0.3, 0.4) is 0 Å². The third-order valence-corrected chi connectivity index (χ3v) is 3.62. The fourth-order valence-electron chi connectivity index (χ4n) is 1.76. The Morgan fingerprint density at radius 3 is 2.79 bits per heavy atom. The molecule has 0 saturated carbocycles. The van der Waals surface area contributed by atoms with Gasteiger partial charge in [0.25, 0.3) is 0 Å². The topological polar surface area (TPSA) is 46.9 Å². The van der Waals surface area contributed by atoms with Crippen molar-refractivity contribution >= 4 is 23.5 Å². The molecule has 1 N–H and O–H groups in total. The van der Waals surface area contributed by atoms with Crippen LogP contribution in [0.5, 0.6) is 0 Å². The Labute approximate surface area is 117 Å². The molecule has 1 amide bonds. The molecule has 4 nitrogen and oxygen atoms in total. The van der Waals surface area contributed by atoms with Gasteiger partial charge in [0.05, 0.1) is 11.4 Å². The van der Waals surface area contributed by atoms with Gasteiger partial charge in [-0.3, -0.25) is 9.48 Å². The highest BCUT2D eigenvalue weighted by Crippen LogP contribution is 2.19. The number of carbonyl (C=O) groups is 1. The first kappa shape index (κ1) is 13.7. The van der Waals surface area contributed by atoms with E-state index in [4.69, 9.17) is 0 Å². The van der Waals surface area contributed by atoms with Gasteiger partial charge in [-0.15, -0.1) is 11.8 Å². The molecule has 2 aromatic rings. The van der Waals surface area contributed by atoms with Gasteiger partial charge >= 0.3 is 0 Å². The van der Waals surface area contributed by atoms with Crippen molar-refractivity contribution in [1.29, 1.82) is 0 Å². The Balaban J connectivity index is 1.90. The Hall–Kier alpha value is -1.75. The maximum atomic E-state index is 11.9. The molecule has 1 aromatic heterocycles. The number of thioether (sulfide) groups is 1. The standard InChI is InChI=1S/C14H17N3OS/c1-10-5-4-6-12(7-10)19-9-14(18)15-13-8-11(2)16-17(13)3/h4-8H,9H2,1-3H3,(H,15,18). The van der Waals surface area contributed by atoms with Crippen molar-refractivity contribution in [2.24, 2.45) is 7.05 Å². The lowest BCUT2D eigenvalue weighted by Crippen LogP contribution is -2.16. The molecule has 1 heterocycles. The van der Waals surface area contributed by atoms with Crippen LogP contribution in [0.2, 0.25) is 0 Å². The second-order valence-corrected chi connectivity index (χ2v) is 5.50. The van der Waals surface area contributed by atoms with E-state index in [1.165, 1.54) is 17.3 Å². The van der Waals surface area contributed by atoms with Crippen LogP contribution in [0, 0.1) is 13.8 Å². The first-order chi connectivity index (χ1) is 9.04. The monoisotopic (exact) mass is 275 g/mol. The van der Waals surface area contributed by atoms with E-state index in [-0.39, 0.29) is 5.91 Å². The normalized spacial score (nSPS) is 10.5. The zero-order valence-corrected chi connectivity index (χ0v) is 12.1. The van der Waals surface area contributed by atoms with E-state index in [1.807, 2.05) is 45.2 Å². The smallest absolute Gasteiger partial charge is 0.235 e. The van der Waals surface area contributed by atoms with Gasteiger partial charge in [0.1, 0.15) is 5.82 Å². The predicted octanol–water partition coefficient (Wildman–Crippen LogP) is 2.77. The first-order valence-corrected chi connectivity index (χ1v) is 7.03. The van der Waals surface area contributed by atoms with Gasteiger partial charge in [-0.25, -0.2) is 0 Å². The summed E-state index contributed by atoms with van der Waals surface area (Å²) in [6.07, 6.45) is 0. The molecule has 0 fully saturated rings. The molecule has 0 aliphatic carbocycles. The van der Waals surface area contributed by atoms with E-state index in [2.05, 4.69) is 16.5 Å². The second kappa shape index (κ2) is 5.93. The van der Waals surface area contributed by atoms with Crippen LogP contribution in [-0.4, -0.2) is 21.4 Å². The number of benzene rings is 1. The number of carbonyl (C=O) groups excluding carboxylic acids is 1. The summed E-state index contributed by atoms with van der Waals surface area (Å²) in [6.45, 7) is 3.94. The highest BCUT2D eigenvalue weighted by Gasteiger charge is 2.07. The number of amides is 1. The average Bonchev–Trinajstić information content (AvgIpc) is 2.65. The summed E-state index contributed by atoms with van der Waals surface area (Å²) in [4.78, 5) is 13.0. The van der Waals surface area contributed by atoms with Crippen LogP contribution in [0.25, 0.3) is 0 Å². The minimum atomic E-state index is -0.0190. The number of hydrogen-bond donors (Lipinski definition) is 1. The molecule has 0 aliphatic rings. The van der Waals surface area contributed by atoms with Crippen LogP contribution < -0.4 is 5.32 Å². The molecule has 2 rings (SSSR count). The van der Waals surface area contributed by atoms with Gasteiger partial charge in [-0.05, 0) is 26.0 Å². The number of nitrogens with one attached hydrogen (secondary N) is 1. The summed E-state index contributed by atoms with van der Waals surface area (Å²) in [5.41, 5.74) is 2.09. The lowest BCUT2D eigenvalue weighted by Gasteiger charge is -2.05. The van der Waals surface area contributed by atoms with Crippen molar-refractivity contribution in [1.82, 2.24) is 9.78 Å². The van der Waals surface area contributed by atoms with Gasteiger partial charge in [0, 0.05) is 18.0 Å². The molecule has 0 radical (unpaired) electrons. The minimum Gasteiger partial charge on any atom is -0.310 e. The quantitative estimate of drug-likeness (QED) is 0.873. The Bertz CT molecular complexity index is 592. The highest BCUT2D eigenvalue weighted by atomic mass is 32.2. The first-order valence-electron chi connectivity index (χ1n) is 6.04. The largest absolute Gasteiger partial charge is 0.310 e. The van der Waals surface area contributed by atoms with E-state index in [0.717, 1.165) is 16.4 Å². The van der Waals surface area contributed by atoms with Crippen LogP contribution >= 0.6 is 11.8 Å². The summed E-state index contributed by atoms with van der Waals surface area (Å²) in [7, 11) is 1.82. The van der Waals surface area contributed by atoms with E-state index in [0.29, 0.717) is 5.75 Å². The van der Waals surface area contributed by atoms with Gasteiger partial charge in [0.2, 0.25) is 5.91 Å². The molecule has 0 saturated heterocycles. The van der Waals surface area contributed by atoms with Crippen LogP contribution in [0.1, 0.15) is 11.3 Å². The molecule has 0 atom stereocenters. The number of aromatic nitrogens is 2. The number of aryl methyl sites for hydroxylation is 3. The molecular formula is C14H17N3OS. The lowest BCUT2D eigenvalue weighted by atomic mass is 10.2. The van der Waals surface area contributed by atoms with Crippen molar-refractivity contribution in [2.75, 3.05) is 11.1 Å². The zero-order chi connectivity index (χ0) is 13.8. The third-order valence-electron chi connectivity index (χ3n) is 2.63. The second-order valence-electron chi connectivity index (χ2n) is 4.45.